The van der Waals surface area contributed by atoms with E-state index in [4.69, 9.17) is 9.47 Å². The van der Waals surface area contributed by atoms with Gasteiger partial charge in [-0.1, -0.05) is 19.9 Å². The van der Waals surface area contributed by atoms with E-state index in [0.717, 1.165) is 17.0 Å². The summed E-state index contributed by atoms with van der Waals surface area (Å²) in [5.41, 5.74) is 0.882. The van der Waals surface area contributed by atoms with E-state index in [9.17, 15) is 4.79 Å². The number of nitrogens with zero attached hydrogens (tertiary/aromatic N) is 1. The number of ether oxygens (including phenoxy) is 2. The van der Waals surface area contributed by atoms with Crippen LogP contribution in [0.3, 0.4) is 0 Å². The molecule has 0 fully saturated rings. The maximum atomic E-state index is 12.4. The lowest BCUT2D eigenvalue weighted by Gasteiger charge is -2.19. The molecule has 0 bridgehead atoms. The molecular weight excluding hydrogens is 324 g/mol. The van der Waals surface area contributed by atoms with Gasteiger partial charge in [0.1, 0.15) is 5.01 Å². The summed E-state index contributed by atoms with van der Waals surface area (Å²) < 4.78 is 10.5. The van der Waals surface area contributed by atoms with E-state index in [2.05, 4.69) is 24.1 Å². The number of carbonyl (C=O) groups excluding carboxylic acids is 1. The summed E-state index contributed by atoms with van der Waals surface area (Å²) in [5.74, 6) is 1.73. The molecule has 0 saturated heterocycles. The van der Waals surface area contributed by atoms with Crippen LogP contribution < -0.4 is 14.8 Å². The number of hydrogen-bond donors (Lipinski definition) is 1. The lowest BCUT2D eigenvalue weighted by atomic mass is 10.0. The summed E-state index contributed by atoms with van der Waals surface area (Å²) in [5, 5.41) is 5.98. The third kappa shape index (κ3) is 4.96. The molecule has 130 valence electrons. The van der Waals surface area contributed by atoms with E-state index < -0.39 is 0 Å². The van der Waals surface area contributed by atoms with E-state index in [1.165, 1.54) is 0 Å². The van der Waals surface area contributed by atoms with Crippen LogP contribution in [0.2, 0.25) is 0 Å². The molecule has 0 radical (unpaired) electrons. The predicted octanol–water partition coefficient (Wildman–Crippen LogP) is 3.61. The van der Waals surface area contributed by atoms with Crippen molar-refractivity contribution in [2.75, 3.05) is 14.2 Å². The number of benzene rings is 1. The fourth-order valence-electron chi connectivity index (χ4n) is 2.52. The molecular formula is C18H24N2O3S. The van der Waals surface area contributed by atoms with Crippen molar-refractivity contribution in [2.24, 2.45) is 5.92 Å². The van der Waals surface area contributed by atoms with E-state index in [1.807, 2.05) is 23.6 Å². The topological polar surface area (TPSA) is 60.5 Å². The van der Waals surface area contributed by atoms with Crippen LogP contribution >= 0.6 is 11.3 Å². The van der Waals surface area contributed by atoms with Crippen molar-refractivity contribution < 1.29 is 14.3 Å². The number of methoxy groups -OCH3 is 2. The van der Waals surface area contributed by atoms with E-state index in [0.29, 0.717) is 23.8 Å². The largest absolute Gasteiger partial charge is 0.493 e. The van der Waals surface area contributed by atoms with E-state index >= 15 is 0 Å². The Kier molecular flexibility index (Phi) is 6.61. The molecule has 0 aliphatic carbocycles. The Hall–Kier alpha value is -2.08. The number of hydrogen-bond acceptors (Lipinski definition) is 5. The maximum Gasteiger partial charge on any atom is 0.224 e. The quantitative estimate of drug-likeness (QED) is 0.792. The Morgan fingerprint density at radius 2 is 2.00 bits per heavy atom. The van der Waals surface area contributed by atoms with Gasteiger partial charge in [0.15, 0.2) is 11.5 Å². The summed E-state index contributed by atoms with van der Waals surface area (Å²) in [6, 6.07) is 5.48. The summed E-state index contributed by atoms with van der Waals surface area (Å²) in [6.07, 6.45) is 2.93. The molecule has 2 rings (SSSR count). The summed E-state index contributed by atoms with van der Waals surface area (Å²) in [7, 11) is 3.18. The lowest BCUT2D eigenvalue weighted by Crippen LogP contribution is -2.30. The molecule has 2 aromatic rings. The molecule has 1 unspecified atom stereocenters. The minimum atomic E-state index is -0.0438. The van der Waals surface area contributed by atoms with Crippen LogP contribution in [0.15, 0.2) is 29.8 Å². The molecule has 1 amide bonds. The van der Waals surface area contributed by atoms with Crippen molar-refractivity contribution in [1.82, 2.24) is 10.3 Å². The van der Waals surface area contributed by atoms with E-state index in [-0.39, 0.29) is 11.9 Å². The van der Waals surface area contributed by atoms with Crippen molar-refractivity contribution in [2.45, 2.75) is 32.7 Å². The van der Waals surface area contributed by atoms with Crippen molar-refractivity contribution in [1.29, 1.82) is 0 Å². The minimum Gasteiger partial charge on any atom is -0.493 e. The third-order valence-corrected chi connectivity index (χ3v) is 4.49. The normalized spacial score (nSPS) is 12.0. The van der Waals surface area contributed by atoms with E-state index in [1.54, 1.807) is 31.8 Å². The second-order valence-electron chi connectivity index (χ2n) is 5.99. The fraction of sp³-hybridized carbons (Fsp3) is 0.444. The highest BCUT2D eigenvalue weighted by atomic mass is 32.1. The molecule has 1 N–H and O–H groups in total. The Bertz CT molecular complexity index is 656. The van der Waals surface area contributed by atoms with Crippen molar-refractivity contribution in [3.8, 4) is 11.5 Å². The molecule has 0 saturated carbocycles. The Morgan fingerprint density at radius 3 is 2.58 bits per heavy atom. The van der Waals surface area contributed by atoms with Gasteiger partial charge in [-0.15, -0.1) is 11.3 Å². The van der Waals surface area contributed by atoms with Gasteiger partial charge < -0.3 is 14.8 Å². The highest BCUT2D eigenvalue weighted by Crippen LogP contribution is 2.28. The lowest BCUT2D eigenvalue weighted by molar-refractivity contribution is -0.121. The van der Waals surface area contributed by atoms with Crippen molar-refractivity contribution in [3.05, 3.63) is 40.3 Å². The minimum absolute atomic E-state index is 0.0249. The van der Waals surface area contributed by atoms with Crippen molar-refractivity contribution in [3.63, 3.8) is 0 Å². The van der Waals surface area contributed by atoms with Gasteiger partial charge >= 0.3 is 0 Å². The summed E-state index contributed by atoms with van der Waals surface area (Å²) in [6.45, 7) is 4.28. The van der Waals surface area contributed by atoms with Crippen LogP contribution in [0.1, 0.15) is 36.9 Å². The molecule has 0 aliphatic rings. The zero-order chi connectivity index (χ0) is 17.5. The molecule has 0 spiro atoms. The average Bonchev–Trinajstić information content (AvgIpc) is 3.08. The number of aromatic nitrogens is 1. The Morgan fingerprint density at radius 1 is 1.25 bits per heavy atom. The first-order valence-electron chi connectivity index (χ1n) is 7.93. The Labute approximate surface area is 147 Å². The van der Waals surface area contributed by atoms with Crippen molar-refractivity contribution >= 4 is 17.2 Å². The second kappa shape index (κ2) is 8.68. The smallest absolute Gasteiger partial charge is 0.224 e. The first kappa shape index (κ1) is 18.3. The average molecular weight is 348 g/mol. The molecule has 0 aliphatic heterocycles. The first-order chi connectivity index (χ1) is 11.5. The van der Waals surface area contributed by atoms with Gasteiger partial charge in [0.05, 0.1) is 26.7 Å². The maximum absolute atomic E-state index is 12.4. The van der Waals surface area contributed by atoms with Crippen LogP contribution in [0, 0.1) is 5.92 Å². The van der Waals surface area contributed by atoms with Gasteiger partial charge in [-0.3, -0.25) is 4.79 Å². The number of rotatable bonds is 8. The number of carbonyl (C=O) groups is 1. The molecule has 1 aromatic heterocycles. The zero-order valence-electron chi connectivity index (χ0n) is 14.5. The zero-order valence-corrected chi connectivity index (χ0v) is 15.4. The fourth-order valence-corrected chi connectivity index (χ4v) is 3.22. The summed E-state index contributed by atoms with van der Waals surface area (Å²) >= 11 is 1.57. The number of amides is 1. The Balaban J connectivity index is 2.05. The third-order valence-electron chi connectivity index (χ3n) is 3.60. The SMILES string of the molecule is COc1ccc(CC(=O)NC(CC(C)C)c2nccs2)cc1OC. The first-order valence-corrected chi connectivity index (χ1v) is 8.81. The molecule has 5 nitrogen and oxygen atoms in total. The van der Waals surface area contributed by atoms with Crippen LogP contribution in [-0.2, 0) is 11.2 Å². The van der Waals surface area contributed by atoms with Crippen LogP contribution in [0.4, 0.5) is 0 Å². The van der Waals surface area contributed by atoms with Gasteiger partial charge in [-0.25, -0.2) is 4.98 Å². The molecule has 6 heteroatoms. The van der Waals surface area contributed by atoms with Crippen LogP contribution in [0.25, 0.3) is 0 Å². The van der Waals surface area contributed by atoms with Crippen LogP contribution in [-0.4, -0.2) is 25.1 Å². The van der Waals surface area contributed by atoms with Crippen LogP contribution in [0.5, 0.6) is 11.5 Å². The number of thiazole rings is 1. The molecule has 24 heavy (non-hydrogen) atoms. The highest BCUT2D eigenvalue weighted by molar-refractivity contribution is 7.09. The van der Waals surface area contributed by atoms with Gasteiger partial charge in [0, 0.05) is 11.6 Å². The predicted molar refractivity (Wildman–Crippen MR) is 95.7 cm³/mol. The molecule has 1 heterocycles. The monoisotopic (exact) mass is 348 g/mol. The number of nitrogens with one attached hydrogen (secondary N) is 1. The van der Waals surface area contributed by atoms with Gasteiger partial charge in [0.2, 0.25) is 5.91 Å². The highest BCUT2D eigenvalue weighted by Gasteiger charge is 2.19. The standard InChI is InChI=1S/C18H24N2O3S/c1-12(2)9-14(18-19-7-8-24-18)20-17(21)11-13-5-6-15(22-3)16(10-13)23-4/h5-8,10,12,14H,9,11H2,1-4H3,(H,20,21). The van der Waals surface area contributed by atoms with Gasteiger partial charge in [-0.05, 0) is 30.0 Å². The molecule has 1 aromatic carbocycles. The summed E-state index contributed by atoms with van der Waals surface area (Å²) in [4.78, 5) is 16.8. The second-order valence-corrected chi connectivity index (χ2v) is 6.91. The van der Waals surface area contributed by atoms with Gasteiger partial charge in [0.25, 0.3) is 0 Å². The van der Waals surface area contributed by atoms with Gasteiger partial charge in [-0.2, -0.15) is 0 Å². The molecule has 1 atom stereocenters.